The summed E-state index contributed by atoms with van der Waals surface area (Å²) in [6.07, 6.45) is 9.50. The maximum absolute atomic E-state index is 13.6. The Morgan fingerprint density at radius 1 is 1.10 bits per heavy atom. The third-order valence-electron chi connectivity index (χ3n) is 12.0. The number of hydrogen-bond acceptors (Lipinski definition) is 6. The molecule has 0 amide bonds. The molecule has 0 aromatic carbocycles. The van der Waals surface area contributed by atoms with Gasteiger partial charge in [-0.1, -0.05) is 32.4 Å². The van der Waals surface area contributed by atoms with E-state index in [2.05, 4.69) is 19.9 Å². The molecule has 5 rings (SSSR count). The fraction of sp³-hybridized carbons (Fsp3) is 0.788. The van der Waals surface area contributed by atoms with Crippen LogP contribution in [0.25, 0.3) is 0 Å². The van der Waals surface area contributed by atoms with Gasteiger partial charge in [-0.25, -0.2) is 0 Å². The van der Waals surface area contributed by atoms with Crippen LogP contribution < -0.4 is 0 Å². The van der Waals surface area contributed by atoms with Crippen LogP contribution in [0.4, 0.5) is 0 Å². The van der Waals surface area contributed by atoms with Crippen molar-refractivity contribution in [2.75, 3.05) is 6.61 Å². The van der Waals surface area contributed by atoms with E-state index in [1.54, 1.807) is 13.8 Å². The molecule has 10 atom stereocenters. The summed E-state index contributed by atoms with van der Waals surface area (Å²) in [5.74, 6) is 1.85. The van der Waals surface area contributed by atoms with Crippen LogP contribution in [0.5, 0.6) is 0 Å². The first kappa shape index (κ1) is 28.6. The third-order valence-corrected chi connectivity index (χ3v) is 12.0. The summed E-state index contributed by atoms with van der Waals surface area (Å²) in [5.41, 5.74) is 1.31. The normalized spacial score (nSPS) is 44.6. The zero-order valence-corrected chi connectivity index (χ0v) is 25.0. The van der Waals surface area contributed by atoms with Crippen LogP contribution in [-0.2, 0) is 23.9 Å². The first-order chi connectivity index (χ1) is 18.2. The van der Waals surface area contributed by atoms with Crippen molar-refractivity contribution < 1.29 is 29.0 Å². The van der Waals surface area contributed by atoms with E-state index in [-0.39, 0.29) is 59.0 Å². The molecule has 216 valence electrons. The minimum Gasteiger partial charge on any atom is -0.493 e. The van der Waals surface area contributed by atoms with Crippen LogP contribution >= 0.6 is 0 Å². The number of carbonyl (C=O) groups is 3. The van der Waals surface area contributed by atoms with E-state index in [9.17, 15) is 19.5 Å². The Balaban J connectivity index is 1.48. The maximum Gasteiger partial charge on any atom is 0.302 e. The summed E-state index contributed by atoms with van der Waals surface area (Å²) in [6.45, 7) is 13.7. The van der Waals surface area contributed by atoms with Gasteiger partial charge in [0, 0.05) is 18.4 Å². The van der Waals surface area contributed by atoms with Crippen molar-refractivity contribution in [2.45, 2.75) is 112 Å². The number of rotatable bonds is 6. The molecule has 0 unspecified atom stereocenters. The quantitative estimate of drug-likeness (QED) is 0.254. The summed E-state index contributed by atoms with van der Waals surface area (Å²) in [6, 6.07) is 0. The SMILES string of the molecule is CC(=O)OC[C@H](C)C/C(C(C)=O)=C1\O[C@H]2C[C@H]3[C@@H]4CC=C5C[C@@H](O)CC[C@]5(C)[C@H]4CC[C@]3(C)[C@H]2[C@]1(C)C(C)=O. The lowest BCUT2D eigenvalue weighted by Crippen LogP contribution is -2.52. The number of ether oxygens (including phenoxy) is 2. The molecule has 6 nitrogen and oxygen atoms in total. The molecule has 4 aliphatic carbocycles. The number of aliphatic hydroxyl groups is 1. The van der Waals surface area contributed by atoms with E-state index < -0.39 is 5.41 Å². The predicted molar refractivity (Wildman–Crippen MR) is 148 cm³/mol. The zero-order chi connectivity index (χ0) is 28.5. The van der Waals surface area contributed by atoms with Gasteiger partial charge in [-0.15, -0.1) is 0 Å². The number of fused-ring (bicyclic) bond motifs is 7. The van der Waals surface area contributed by atoms with E-state index in [1.165, 1.54) is 12.5 Å². The number of carbonyl (C=O) groups excluding carboxylic acids is 3. The summed E-state index contributed by atoms with van der Waals surface area (Å²) < 4.78 is 12.0. The van der Waals surface area contributed by atoms with Crippen LogP contribution in [0.15, 0.2) is 23.0 Å². The second-order valence-corrected chi connectivity index (χ2v) is 14.3. The van der Waals surface area contributed by atoms with Crippen molar-refractivity contribution in [3.8, 4) is 0 Å². The lowest BCUT2D eigenvalue weighted by Gasteiger charge is -2.58. The minimum absolute atomic E-state index is 0.0351. The first-order valence-corrected chi connectivity index (χ1v) is 15.2. The van der Waals surface area contributed by atoms with Crippen molar-refractivity contribution in [3.05, 3.63) is 23.0 Å². The molecule has 0 aromatic heterocycles. The molecule has 1 heterocycles. The molecule has 0 radical (unpaired) electrons. The number of esters is 1. The van der Waals surface area contributed by atoms with Crippen LogP contribution in [-0.4, -0.2) is 41.5 Å². The molecule has 1 aliphatic heterocycles. The third kappa shape index (κ3) is 4.35. The van der Waals surface area contributed by atoms with E-state index in [0.717, 1.165) is 44.9 Å². The fourth-order valence-electron chi connectivity index (χ4n) is 10.0. The van der Waals surface area contributed by atoms with Gasteiger partial charge < -0.3 is 14.6 Å². The highest BCUT2D eigenvalue weighted by Crippen LogP contribution is 2.72. The van der Waals surface area contributed by atoms with E-state index in [4.69, 9.17) is 9.47 Å². The summed E-state index contributed by atoms with van der Waals surface area (Å²) in [7, 11) is 0. The molecular formula is C33H48O6. The lowest BCUT2D eigenvalue weighted by molar-refractivity contribution is -0.142. The lowest BCUT2D eigenvalue weighted by atomic mass is 9.46. The Bertz CT molecular complexity index is 1120. The summed E-state index contributed by atoms with van der Waals surface area (Å²) in [4.78, 5) is 37.9. The van der Waals surface area contributed by atoms with Crippen molar-refractivity contribution in [1.82, 2.24) is 0 Å². The second-order valence-electron chi connectivity index (χ2n) is 14.3. The molecule has 0 spiro atoms. The highest BCUT2D eigenvalue weighted by molar-refractivity contribution is 5.96. The van der Waals surface area contributed by atoms with Gasteiger partial charge in [0.2, 0.25) is 0 Å². The maximum atomic E-state index is 13.6. The second kappa shape index (κ2) is 9.85. The number of ketones is 2. The molecule has 1 saturated heterocycles. The average molecular weight is 541 g/mol. The van der Waals surface area contributed by atoms with Crippen molar-refractivity contribution >= 4 is 17.5 Å². The molecule has 6 heteroatoms. The molecule has 3 saturated carbocycles. The largest absolute Gasteiger partial charge is 0.493 e. The van der Waals surface area contributed by atoms with E-state index >= 15 is 0 Å². The van der Waals surface area contributed by atoms with Gasteiger partial charge in [-0.05, 0) is 107 Å². The molecule has 1 N–H and O–H groups in total. The van der Waals surface area contributed by atoms with Gasteiger partial charge in [-0.2, -0.15) is 0 Å². The van der Waals surface area contributed by atoms with Crippen LogP contribution in [0.1, 0.15) is 99.8 Å². The van der Waals surface area contributed by atoms with Crippen LogP contribution in [0.3, 0.4) is 0 Å². The Morgan fingerprint density at radius 3 is 2.46 bits per heavy atom. The molecular weight excluding hydrogens is 492 g/mol. The van der Waals surface area contributed by atoms with Gasteiger partial charge in [0.1, 0.15) is 17.6 Å². The van der Waals surface area contributed by atoms with Gasteiger partial charge in [0.05, 0.1) is 18.1 Å². The zero-order valence-electron chi connectivity index (χ0n) is 25.0. The number of aliphatic hydroxyl groups excluding tert-OH is 1. The molecule has 4 fully saturated rings. The molecule has 0 aromatic rings. The predicted octanol–water partition coefficient (Wildman–Crippen LogP) is 5.96. The number of hydrogen-bond donors (Lipinski definition) is 1. The Kier molecular flexibility index (Phi) is 7.22. The Morgan fingerprint density at radius 2 is 1.82 bits per heavy atom. The van der Waals surface area contributed by atoms with Crippen molar-refractivity contribution in [2.24, 2.45) is 45.8 Å². The number of allylic oxidation sites excluding steroid dienone is 3. The fourth-order valence-corrected chi connectivity index (χ4v) is 10.0. The van der Waals surface area contributed by atoms with Crippen molar-refractivity contribution in [3.63, 3.8) is 0 Å². The van der Waals surface area contributed by atoms with Crippen molar-refractivity contribution in [1.29, 1.82) is 0 Å². The average Bonchev–Trinajstić information content (AvgIpc) is 3.33. The topological polar surface area (TPSA) is 89.9 Å². The standard InChI is InChI=1S/C33H48O6/c1-18(17-38-21(4)36)14-25(19(2)34)30-33(7,20(3)35)29-28(39-30)16-27-24-9-8-22-15-23(37)10-12-31(22,5)26(24)11-13-32(27,29)6/h8,18,23-24,26-29,37H,9-17H2,1-7H3/b30-25+/t18-,23+,24-,26+,27+,28+,29+,31+,32+,33+/m1/s1. The van der Waals surface area contributed by atoms with Gasteiger partial charge >= 0.3 is 5.97 Å². The summed E-state index contributed by atoms with van der Waals surface area (Å²) in [5, 5.41) is 10.3. The Hall–Kier alpha value is -1.95. The first-order valence-electron chi connectivity index (χ1n) is 15.2. The van der Waals surface area contributed by atoms with Gasteiger partial charge in [0.15, 0.2) is 5.78 Å². The smallest absolute Gasteiger partial charge is 0.302 e. The highest BCUT2D eigenvalue weighted by Gasteiger charge is 2.70. The van der Waals surface area contributed by atoms with E-state index in [1.807, 2.05) is 13.8 Å². The van der Waals surface area contributed by atoms with Gasteiger partial charge in [-0.3, -0.25) is 14.4 Å². The Labute approximate surface area is 234 Å². The monoisotopic (exact) mass is 540 g/mol. The minimum atomic E-state index is -0.850. The molecule has 39 heavy (non-hydrogen) atoms. The van der Waals surface area contributed by atoms with Crippen LogP contribution in [0, 0.1) is 45.8 Å². The number of Topliss-reactive ketones (excluding diaryl/α,β-unsaturated/α-hetero) is 2. The van der Waals surface area contributed by atoms with E-state index in [0.29, 0.717) is 35.5 Å². The van der Waals surface area contributed by atoms with Crippen LogP contribution in [0.2, 0.25) is 0 Å². The van der Waals surface area contributed by atoms with Gasteiger partial charge in [0.25, 0.3) is 0 Å². The highest BCUT2D eigenvalue weighted by atomic mass is 16.5. The summed E-state index contributed by atoms with van der Waals surface area (Å²) >= 11 is 0. The molecule has 0 bridgehead atoms. The molecule has 5 aliphatic rings.